The van der Waals surface area contributed by atoms with Gasteiger partial charge in [0.2, 0.25) is 5.91 Å². The first kappa shape index (κ1) is 22.9. The third-order valence-corrected chi connectivity index (χ3v) is 5.56. The lowest BCUT2D eigenvalue weighted by molar-refractivity contribution is -0.129. The average molecular weight is 431 g/mol. The van der Waals surface area contributed by atoms with E-state index >= 15 is 0 Å². The van der Waals surface area contributed by atoms with Gasteiger partial charge in [-0.15, -0.1) is 0 Å². The van der Waals surface area contributed by atoms with Crippen LogP contribution >= 0.6 is 0 Å². The summed E-state index contributed by atoms with van der Waals surface area (Å²) in [6.45, 7) is 2.73. The number of benzene rings is 2. The average Bonchev–Trinajstić information content (AvgIpc) is 3.14. The van der Waals surface area contributed by atoms with Gasteiger partial charge in [-0.1, -0.05) is 6.07 Å². The Morgan fingerprint density at radius 2 is 1.84 bits per heavy atom. The van der Waals surface area contributed by atoms with E-state index in [-0.39, 0.29) is 17.8 Å². The largest absolute Gasteiger partial charge is 0.493 e. The van der Waals surface area contributed by atoms with Gasteiger partial charge in [-0.05, 0) is 67.8 Å². The predicted octanol–water partition coefficient (Wildman–Crippen LogP) is 3.44. The lowest BCUT2D eigenvalue weighted by Gasteiger charge is -2.25. The molecule has 1 amide bonds. The highest BCUT2D eigenvalue weighted by atomic mass is 19.1. The van der Waals surface area contributed by atoms with Crippen LogP contribution in [0, 0.1) is 5.82 Å². The second-order valence-electron chi connectivity index (χ2n) is 7.56. The van der Waals surface area contributed by atoms with Crippen molar-refractivity contribution >= 4 is 5.91 Å². The first-order valence-corrected chi connectivity index (χ1v) is 10.7. The number of halogens is 1. The van der Waals surface area contributed by atoms with Crippen molar-refractivity contribution in [2.75, 3.05) is 40.5 Å². The van der Waals surface area contributed by atoms with E-state index in [1.807, 2.05) is 23.1 Å². The van der Waals surface area contributed by atoms with Crippen molar-refractivity contribution in [3.05, 3.63) is 53.8 Å². The molecule has 6 nitrogen and oxygen atoms in total. The zero-order valence-corrected chi connectivity index (χ0v) is 18.2. The van der Waals surface area contributed by atoms with Crippen LogP contribution in [-0.4, -0.2) is 57.3 Å². The van der Waals surface area contributed by atoms with Crippen LogP contribution in [0.25, 0.3) is 0 Å². The Morgan fingerprint density at radius 3 is 2.58 bits per heavy atom. The Balaban J connectivity index is 1.39. The van der Waals surface area contributed by atoms with Gasteiger partial charge in [0.05, 0.1) is 14.2 Å². The Hall–Kier alpha value is -2.80. The van der Waals surface area contributed by atoms with Crippen LogP contribution in [0.1, 0.15) is 24.8 Å². The van der Waals surface area contributed by atoms with Gasteiger partial charge in [0, 0.05) is 25.6 Å². The van der Waals surface area contributed by atoms with Crippen molar-refractivity contribution in [2.24, 2.45) is 0 Å². The maximum atomic E-state index is 12.9. The summed E-state index contributed by atoms with van der Waals surface area (Å²) < 4.78 is 29.1. The minimum absolute atomic E-state index is 0.227. The van der Waals surface area contributed by atoms with E-state index in [0.717, 1.165) is 31.4 Å². The van der Waals surface area contributed by atoms with Gasteiger partial charge in [-0.25, -0.2) is 4.39 Å². The Kier molecular flexibility index (Phi) is 8.53. The molecule has 3 rings (SSSR count). The molecule has 0 saturated carbocycles. The molecule has 0 radical (unpaired) electrons. The van der Waals surface area contributed by atoms with Crippen molar-refractivity contribution < 1.29 is 23.4 Å². The van der Waals surface area contributed by atoms with Crippen LogP contribution in [0.15, 0.2) is 42.5 Å². The zero-order chi connectivity index (χ0) is 22.1. The fourth-order valence-corrected chi connectivity index (χ4v) is 3.85. The zero-order valence-electron chi connectivity index (χ0n) is 18.2. The van der Waals surface area contributed by atoms with Crippen LogP contribution in [0.5, 0.6) is 17.2 Å². The maximum Gasteiger partial charge on any atom is 0.222 e. The standard InChI is InChI=1S/C24H31FN2O4/c1-29-22-9-3-18(17-23(22)30-2)12-15-27-20(6-10-24(27)28)11-13-26-14-16-31-21-7-4-19(25)5-8-21/h3-5,7-9,17,20,26H,6,10-16H2,1-2H3. The molecule has 1 aliphatic rings. The van der Waals surface area contributed by atoms with E-state index in [1.165, 1.54) is 12.1 Å². The van der Waals surface area contributed by atoms with Crippen molar-refractivity contribution in [2.45, 2.75) is 31.7 Å². The molecule has 7 heteroatoms. The van der Waals surface area contributed by atoms with Gasteiger partial charge in [-0.2, -0.15) is 0 Å². The monoisotopic (exact) mass is 430 g/mol. The minimum atomic E-state index is -0.271. The summed E-state index contributed by atoms with van der Waals surface area (Å²) in [7, 11) is 3.24. The van der Waals surface area contributed by atoms with E-state index in [2.05, 4.69) is 5.32 Å². The van der Waals surface area contributed by atoms with E-state index in [0.29, 0.717) is 43.4 Å². The maximum absolute atomic E-state index is 12.9. The van der Waals surface area contributed by atoms with E-state index < -0.39 is 0 Å². The summed E-state index contributed by atoms with van der Waals surface area (Å²) in [5, 5.41) is 3.36. The Morgan fingerprint density at radius 1 is 1.06 bits per heavy atom. The van der Waals surface area contributed by atoms with Gasteiger partial charge < -0.3 is 24.4 Å². The summed E-state index contributed by atoms with van der Waals surface area (Å²) in [5.41, 5.74) is 1.12. The molecule has 0 spiro atoms. The number of hydrogen-bond acceptors (Lipinski definition) is 5. The summed E-state index contributed by atoms with van der Waals surface area (Å²) in [6.07, 6.45) is 3.21. The van der Waals surface area contributed by atoms with E-state index in [1.54, 1.807) is 26.4 Å². The molecule has 2 aromatic rings. The second kappa shape index (κ2) is 11.6. The topological polar surface area (TPSA) is 60.0 Å². The van der Waals surface area contributed by atoms with Gasteiger partial charge in [-0.3, -0.25) is 4.79 Å². The highest BCUT2D eigenvalue weighted by molar-refractivity contribution is 5.78. The van der Waals surface area contributed by atoms with Crippen molar-refractivity contribution in [3.8, 4) is 17.2 Å². The first-order valence-electron chi connectivity index (χ1n) is 10.7. The van der Waals surface area contributed by atoms with Gasteiger partial charge in [0.15, 0.2) is 11.5 Å². The van der Waals surface area contributed by atoms with Crippen LogP contribution < -0.4 is 19.5 Å². The molecule has 0 bridgehead atoms. The normalized spacial score (nSPS) is 15.9. The molecular formula is C24H31FN2O4. The quantitative estimate of drug-likeness (QED) is 0.523. The molecule has 1 fully saturated rings. The molecule has 1 aliphatic heterocycles. The third kappa shape index (κ3) is 6.59. The number of carbonyl (C=O) groups excluding carboxylic acids is 1. The molecular weight excluding hydrogens is 399 g/mol. The number of rotatable bonds is 12. The number of hydrogen-bond donors (Lipinski definition) is 1. The van der Waals surface area contributed by atoms with Crippen LogP contribution in [0.4, 0.5) is 4.39 Å². The SMILES string of the molecule is COc1ccc(CCN2C(=O)CCC2CCNCCOc2ccc(F)cc2)cc1OC. The molecule has 1 saturated heterocycles. The van der Waals surface area contributed by atoms with Crippen LogP contribution in [0.2, 0.25) is 0 Å². The fourth-order valence-electron chi connectivity index (χ4n) is 3.85. The van der Waals surface area contributed by atoms with Crippen molar-refractivity contribution in [1.29, 1.82) is 0 Å². The predicted molar refractivity (Wildman–Crippen MR) is 117 cm³/mol. The van der Waals surface area contributed by atoms with Crippen LogP contribution in [0.3, 0.4) is 0 Å². The van der Waals surface area contributed by atoms with Crippen LogP contribution in [-0.2, 0) is 11.2 Å². The number of nitrogens with zero attached hydrogens (tertiary/aromatic N) is 1. The molecule has 168 valence electrons. The molecule has 31 heavy (non-hydrogen) atoms. The molecule has 0 aliphatic carbocycles. The highest BCUT2D eigenvalue weighted by Gasteiger charge is 2.29. The molecule has 1 N–H and O–H groups in total. The van der Waals surface area contributed by atoms with Crippen molar-refractivity contribution in [1.82, 2.24) is 10.2 Å². The Bertz CT molecular complexity index is 844. The summed E-state index contributed by atoms with van der Waals surface area (Å²) in [4.78, 5) is 14.4. The molecule has 2 aromatic carbocycles. The molecule has 1 unspecified atom stereocenters. The van der Waals surface area contributed by atoms with Gasteiger partial charge >= 0.3 is 0 Å². The smallest absolute Gasteiger partial charge is 0.222 e. The van der Waals surface area contributed by atoms with Crippen molar-refractivity contribution in [3.63, 3.8) is 0 Å². The molecule has 0 aromatic heterocycles. The molecule has 1 atom stereocenters. The number of ether oxygens (including phenoxy) is 3. The first-order chi connectivity index (χ1) is 15.1. The molecule has 1 heterocycles. The summed E-state index contributed by atoms with van der Waals surface area (Å²) >= 11 is 0. The number of likely N-dealkylation sites (tertiary alicyclic amines) is 1. The second-order valence-corrected chi connectivity index (χ2v) is 7.56. The third-order valence-electron chi connectivity index (χ3n) is 5.56. The van der Waals surface area contributed by atoms with Gasteiger partial charge in [0.1, 0.15) is 18.2 Å². The van der Waals surface area contributed by atoms with E-state index in [4.69, 9.17) is 14.2 Å². The lowest BCUT2D eigenvalue weighted by atomic mass is 10.1. The fraction of sp³-hybridized carbons (Fsp3) is 0.458. The number of methoxy groups -OCH3 is 2. The number of amides is 1. The van der Waals surface area contributed by atoms with Gasteiger partial charge in [0.25, 0.3) is 0 Å². The number of nitrogens with one attached hydrogen (secondary N) is 1. The minimum Gasteiger partial charge on any atom is -0.493 e. The summed E-state index contributed by atoms with van der Waals surface area (Å²) in [5.74, 6) is 2.02. The Labute approximate surface area is 183 Å². The number of carbonyl (C=O) groups is 1. The highest BCUT2D eigenvalue weighted by Crippen LogP contribution is 2.28. The van der Waals surface area contributed by atoms with E-state index in [9.17, 15) is 9.18 Å². The lowest BCUT2D eigenvalue weighted by Crippen LogP contribution is -2.37. The summed E-state index contributed by atoms with van der Waals surface area (Å²) in [6, 6.07) is 12.2.